The van der Waals surface area contributed by atoms with E-state index in [1.807, 2.05) is 6.92 Å². The number of hydrogen-bond acceptors (Lipinski definition) is 1. The van der Waals surface area contributed by atoms with Gasteiger partial charge in [0.2, 0.25) is 5.22 Å². The molecule has 1 unspecified atom stereocenters. The van der Waals surface area contributed by atoms with Crippen molar-refractivity contribution in [3.8, 4) is 0 Å². The van der Waals surface area contributed by atoms with E-state index in [4.69, 9.17) is 51.1 Å². The van der Waals surface area contributed by atoms with Gasteiger partial charge < -0.3 is 4.74 Å². The molecule has 0 fully saturated rings. The molecule has 0 aliphatic carbocycles. The molecular formula is C7H6Cl4O. The molecule has 0 bridgehead atoms. The molecular weight excluding hydrogens is 242 g/mol. The lowest BCUT2D eigenvalue weighted by atomic mass is 10.2. The van der Waals surface area contributed by atoms with Gasteiger partial charge in [-0.05, 0) is 18.0 Å². The van der Waals surface area contributed by atoms with Crippen LogP contribution in [0.1, 0.15) is 13.3 Å². The highest BCUT2D eigenvalue weighted by Gasteiger charge is 2.25. The van der Waals surface area contributed by atoms with E-state index in [0.717, 1.165) is 0 Å². The monoisotopic (exact) mass is 246 g/mol. The first-order chi connectivity index (χ1) is 5.57. The summed E-state index contributed by atoms with van der Waals surface area (Å²) in [6, 6.07) is 0. The maximum absolute atomic E-state index is 5.84. The van der Waals surface area contributed by atoms with Crippen molar-refractivity contribution in [2.24, 2.45) is 0 Å². The fourth-order valence-corrected chi connectivity index (χ4v) is 1.77. The van der Waals surface area contributed by atoms with Crippen LogP contribution in [-0.2, 0) is 4.74 Å². The van der Waals surface area contributed by atoms with Gasteiger partial charge in [0.15, 0.2) is 0 Å². The fourth-order valence-electron chi connectivity index (χ4n) is 0.823. The fraction of sp³-hybridized carbons (Fsp3) is 0.429. The summed E-state index contributed by atoms with van der Waals surface area (Å²) in [6.07, 6.45) is 0.435. The highest BCUT2D eigenvalue weighted by Crippen LogP contribution is 2.38. The topological polar surface area (TPSA) is 9.23 Å². The second kappa shape index (κ2) is 4.10. The van der Waals surface area contributed by atoms with Crippen molar-refractivity contribution in [3.63, 3.8) is 0 Å². The van der Waals surface area contributed by atoms with Crippen LogP contribution < -0.4 is 0 Å². The predicted octanol–water partition coefficient (Wildman–Crippen LogP) is 4.13. The van der Waals surface area contributed by atoms with Gasteiger partial charge in [-0.2, -0.15) is 0 Å². The summed E-state index contributed by atoms with van der Waals surface area (Å²) >= 11 is 23.0. The maximum atomic E-state index is 5.84. The molecule has 1 aliphatic rings. The average Bonchev–Trinajstić information content (AvgIpc) is 2.08. The standard InChI is InChI=1S/C7H6Cl4O/c1-2-3-4(8)5(9)6(10)7(11)12-3/h3H,2H2,1H3. The molecule has 5 heteroatoms. The Balaban J connectivity index is 3.02. The third kappa shape index (κ3) is 1.85. The molecule has 0 spiro atoms. The molecule has 0 aromatic rings. The van der Waals surface area contributed by atoms with Crippen molar-refractivity contribution in [1.82, 2.24) is 0 Å². The van der Waals surface area contributed by atoms with Gasteiger partial charge in [-0.15, -0.1) is 0 Å². The molecule has 0 saturated carbocycles. The lowest BCUT2D eigenvalue weighted by molar-refractivity contribution is 0.162. The van der Waals surface area contributed by atoms with Gasteiger partial charge in [0.25, 0.3) is 0 Å². The zero-order valence-corrected chi connectivity index (χ0v) is 9.23. The molecule has 1 rings (SSSR count). The summed E-state index contributed by atoms with van der Waals surface area (Å²) in [7, 11) is 0. The van der Waals surface area contributed by atoms with E-state index in [9.17, 15) is 0 Å². The Morgan fingerprint density at radius 3 is 2.25 bits per heavy atom. The molecule has 0 amide bonds. The van der Waals surface area contributed by atoms with E-state index in [0.29, 0.717) is 11.5 Å². The molecule has 0 N–H and O–H groups in total. The van der Waals surface area contributed by atoms with Crippen molar-refractivity contribution in [2.75, 3.05) is 0 Å². The van der Waals surface area contributed by atoms with Crippen LogP contribution in [0.4, 0.5) is 0 Å². The summed E-state index contributed by atoms with van der Waals surface area (Å²) in [5, 5.41) is 0.973. The van der Waals surface area contributed by atoms with Crippen molar-refractivity contribution < 1.29 is 4.74 Å². The maximum Gasteiger partial charge on any atom is 0.208 e. The summed E-state index contributed by atoms with van der Waals surface area (Å²) in [6.45, 7) is 1.92. The Morgan fingerprint density at radius 2 is 1.75 bits per heavy atom. The number of hydrogen-bond donors (Lipinski definition) is 0. The smallest absolute Gasteiger partial charge is 0.208 e. The summed E-state index contributed by atoms with van der Waals surface area (Å²) in [5.74, 6) is 0. The van der Waals surface area contributed by atoms with Crippen LogP contribution >= 0.6 is 46.4 Å². The highest BCUT2D eigenvalue weighted by atomic mass is 35.5. The van der Waals surface area contributed by atoms with Crippen LogP contribution in [-0.4, -0.2) is 6.10 Å². The summed E-state index contributed by atoms with van der Waals surface area (Å²) in [5.41, 5.74) is 0. The molecule has 0 aromatic heterocycles. The van der Waals surface area contributed by atoms with E-state index >= 15 is 0 Å². The van der Waals surface area contributed by atoms with Crippen LogP contribution in [0, 0.1) is 0 Å². The normalized spacial score (nSPS) is 24.6. The van der Waals surface area contributed by atoms with Crippen LogP contribution in [0.3, 0.4) is 0 Å². The summed E-state index contributed by atoms with van der Waals surface area (Å²) in [4.78, 5) is 0. The second-order valence-electron chi connectivity index (χ2n) is 2.26. The lowest BCUT2D eigenvalue weighted by Gasteiger charge is -2.22. The van der Waals surface area contributed by atoms with Crippen LogP contribution in [0.25, 0.3) is 0 Å². The molecule has 0 radical (unpaired) electrons. The van der Waals surface area contributed by atoms with Gasteiger partial charge in [-0.3, -0.25) is 0 Å². The number of ether oxygens (including phenoxy) is 1. The average molecular weight is 248 g/mol. The molecule has 68 valence electrons. The molecule has 12 heavy (non-hydrogen) atoms. The number of allylic oxidation sites excluding steroid dienone is 2. The number of rotatable bonds is 1. The Kier molecular flexibility index (Phi) is 3.59. The van der Waals surface area contributed by atoms with E-state index in [-0.39, 0.29) is 21.4 Å². The van der Waals surface area contributed by atoms with Crippen molar-refractivity contribution in [3.05, 3.63) is 20.3 Å². The minimum atomic E-state index is -0.269. The molecule has 1 aliphatic heterocycles. The van der Waals surface area contributed by atoms with Crippen molar-refractivity contribution in [1.29, 1.82) is 0 Å². The lowest BCUT2D eigenvalue weighted by Crippen LogP contribution is -2.15. The molecule has 0 saturated heterocycles. The van der Waals surface area contributed by atoms with Gasteiger partial charge in [0.1, 0.15) is 11.1 Å². The SMILES string of the molecule is CCC1OC(Cl)=C(Cl)C(Cl)=C1Cl. The Labute approximate surface area is 90.9 Å². The van der Waals surface area contributed by atoms with E-state index in [1.54, 1.807) is 0 Å². The van der Waals surface area contributed by atoms with Gasteiger partial charge in [-0.1, -0.05) is 41.7 Å². The first-order valence-electron chi connectivity index (χ1n) is 3.35. The molecule has 1 atom stereocenters. The van der Waals surface area contributed by atoms with E-state index in [2.05, 4.69) is 0 Å². The van der Waals surface area contributed by atoms with Crippen molar-refractivity contribution >= 4 is 46.4 Å². The van der Waals surface area contributed by atoms with Gasteiger partial charge >= 0.3 is 0 Å². The quantitative estimate of drug-likeness (QED) is 0.677. The first kappa shape index (κ1) is 10.5. The van der Waals surface area contributed by atoms with Gasteiger partial charge in [0, 0.05) is 0 Å². The Bertz CT molecular complexity index is 256. The van der Waals surface area contributed by atoms with Gasteiger partial charge in [0.05, 0.1) is 10.1 Å². The highest BCUT2D eigenvalue weighted by molar-refractivity contribution is 6.51. The molecule has 1 heterocycles. The largest absolute Gasteiger partial charge is 0.473 e. The Hall–Kier alpha value is 0.440. The van der Waals surface area contributed by atoms with Crippen LogP contribution in [0.5, 0.6) is 0 Å². The van der Waals surface area contributed by atoms with E-state index in [1.165, 1.54) is 0 Å². The predicted molar refractivity (Wildman–Crippen MR) is 52.6 cm³/mol. The third-order valence-corrected chi connectivity index (χ3v) is 3.23. The third-order valence-electron chi connectivity index (χ3n) is 1.47. The van der Waals surface area contributed by atoms with Crippen molar-refractivity contribution in [2.45, 2.75) is 19.4 Å². The van der Waals surface area contributed by atoms with Crippen LogP contribution in [0.15, 0.2) is 20.3 Å². The summed E-state index contributed by atoms with van der Waals surface area (Å²) < 4.78 is 5.17. The van der Waals surface area contributed by atoms with Crippen LogP contribution in [0.2, 0.25) is 0 Å². The Morgan fingerprint density at radius 1 is 1.17 bits per heavy atom. The van der Waals surface area contributed by atoms with Gasteiger partial charge in [-0.25, -0.2) is 0 Å². The number of halogens is 4. The second-order valence-corrected chi connectivity index (χ2v) is 3.77. The zero-order valence-electron chi connectivity index (χ0n) is 6.20. The molecule has 0 aromatic carbocycles. The first-order valence-corrected chi connectivity index (χ1v) is 4.86. The van der Waals surface area contributed by atoms with E-state index < -0.39 is 0 Å². The minimum Gasteiger partial charge on any atom is -0.473 e. The zero-order chi connectivity index (χ0) is 9.30. The minimum absolute atomic E-state index is 0.109. The molecule has 1 nitrogen and oxygen atoms in total.